The van der Waals surface area contributed by atoms with Crippen LogP contribution in [0.3, 0.4) is 0 Å². The Morgan fingerprint density at radius 3 is 1.92 bits per heavy atom. The molecule has 0 aliphatic carbocycles. The zero-order valence-electron chi connectivity index (χ0n) is 32.3. The number of para-hydroxylation sites is 2. The van der Waals surface area contributed by atoms with E-state index in [9.17, 15) is 0 Å². The smallest absolute Gasteiger partial charge is 0.159 e. The Morgan fingerprint density at radius 2 is 1.13 bits per heavy atom. The number of pyridine rings is 1. The van der Waals surface area contributed by atoms with Crippen molar-refractivity contribution in [1.82, 2.24) is 14.9 Å². The number of benzene rings is 8. The predicted molar refractivity (Wildman–Crippen MR) is 252 cm³/mol. The Morgan fingerprint density at radius 1 is 0.500 bits per heavy atom. The lowest BCUT2D eigenvalue weighted by atomic mass is 10.0. The van der Waals surface area contributed by atoms with E-state index in [2.05, 4.69) is 174 Å². The quantitative estimate of drug-likeness (QED) is 0.183. The van der Waals surface area contributed by atoms with Gasteiger partial charge in [0.15, 0.2) is 5.84 Å². The molecule has 0 bridgehead atoms. The Kier molecular flexibility index (Phi) is 8.03. The van der Waals surface area contributed by atoms with Gasteiger partial charge < -0.3 is 9.88 Å². The van der Waals surface area contributed by atoms with E-state index in [1.165, 1.54) is 47.4 Å². The fourth-order valence-electron chi connectivity index (χ4n) is 8.70. The van der Waals surface area contributed by atoms with Gasteiger partial charge in [0.2, 0.25) is 0 Å². The van der Waals surface area contributed by atoms with Crippen LogP contribution < -0.4 is 5.32 Å². The third-order valence-electron chi connectivity index (χ3n) is 11.6. The third-order valence-corrected chi connectivity index (χ3v) is 12.9. The first-order valence-corrected chi connectivity index (χ1v) is 21.0. The number of aromatic nitrogens is 2. The number of rotatable bonds is 6. The number of hydrogen-bond donors (Lipinski definition) is 1. The molecule has 0 saturated heterocycles. The number of hydrogen-bond acceptors (Lipinski definition) is 5. The van der Waals surface area contributed by atoms with Crippen molar-refractivity contribution >= 4 is 75.9 Å². The molecule has 1 atom stereocenters. The third kappa shape index (κ3) is 5.72. The Bertz CT molecular complexity index is 3490. The van der Waals surface area contributed by atoms with E-state index in [1.807, 2.05) is 47.7 Å². The summed E-state index contributed by atoms with van der Waals surface area (Å²) in [4.78, 5) is 15.4. The van der Waals surface area contributed by atoms with Crippen molar-refractivity contribution in [2.45, 2.75) is 6.17 Å². The first kappa shape index (κ1) is 34.4. The monoisotopic (exact) mass is 785 g/mol. The van der Waals surface area contributed by atoms with Crippen molar-refractivity contribution in [1.29, 1.82) is 0 Å². The van der Waals surface area contributed by atoms with E-state index in [1.54, 1.807) is 0 Å². The summed E-state index contributed by atoms with van der Waals surface area (Å²) in [5.74, 6) is 1.53. The second-order valence-corrected chi connectivity index (χ2v) is 16.3. The molecule has 1 aliphatic heterocycles. The molecule has 1 N–H and O–H groups in total. The van der Waals surface area contributed by atoms with Crippen LogP contribution >= 0.6 is 11.3 Å². The number of aliphatic imine (C=N–C) groups is 2. The van der Waals surface area contributed by atoms with Crippen LogP contribution in [0.1, 0.15) is 22.9 Å². The van der Waals surface area contributed by atoms with Crippen LogP contribution in [-0.2, 0) is 0 Å². The van der Waals surface area contributed by atoms with Crippen LogP contribution in [0.25, 0.3) is 81.0 Å². The Labute approximate surface area is 350 Å². The summed E-state index contributed by atoms with van der Waals surface area (Å²) < 4.78 is 4.98. The van der Waals surface area contributed by atoms with Crippen molar-refractivity contribution < 1.29 is 0 Å². The predicted octanol–water partition coefficient (Wildman–Crippen LogP) is 13.5. The second-order valence-electron chi connectivity index (χ2n) is 15.2. The first-order valence-electron chi connectivity index (χ1n) is 20.2. The van der Waals surface area contributed by atoms with Gasteiger partial charge in [-0.2, -0.15) is 0 Å². The topological polar surface area (TPSA) is 54.6 Å². The lowest BCUT2D eigenvalue weighted by Crippen LogP contribution is -2.33. The van der Waals surface area contributed by atoms with Crippen molar-refractivity contribution in [3.05, 3.63) is 217 Å². The number of nitrogens with one attached hydrogen (secondary N) is 1. The van der Waals surface area contributed by atoms with Crippen LogP contribution in [0.5, 0.6) is 0 Å². The maximum Gasteiger partial charge on any atom is 0.159 e. The van der Waals surface area contributed by atoms with Crippen molar-refractivity contribution in [2.24, 2.45) is 9.98 Å². The standard InChI is InChI=1S/C54H35N5S/c1-3-14-37(15-4-1)52-56-53(38-16-5-2-6-17-38)58-54(57-52)39-26-23-35(24-27-39)36-29-31-42(32-30-36)59-46-22-12-10-20-44(46)51-49(59)47-48(41-28-25-34-13-7-8-18-40(34)33-41)55-45-21-11-9-19-43(45)50(47)60-51/h1-33,54H,(H,56,57,58). The summed E-state index contributed by atoms with van der Waals surface area (Å²) in [6.45, 7) is 0. The Hall–Kier alpha value is -7.67. The number of nitrogens with zero attached hydrogens (tertiary/aromatic N) is 4. The van der Waals surface area contributed by atoms with Gasteiger partial charge in [0.05, 0.1) is 26.9 Å². The molecule has 5 nitrogen and oxygen atoms in total. The highest BCUT2D eigenvalue weighted by Crippen LogP contribution is 2.48. The van der Waals surface area contributed by atoms with Gasteiger partial charge in [-0.25, -0.2) is 15.0 Å². The Balaban J connectivity index is 0.952. The molecule has 8 aromatic carbocycles. The van der Waals surface area contributed by atoms with Crippen molar-refractivity contribution in [3.8, 4) is 28.1 Å². The van der Waals surface area contributed by atoms with Gasteiger partial charge >= 0.3 is 0 Å². The van der Waals surface area contributed by atoms with Crippen molar-refractivity contribution in [3.63, 3.8) is 0 Å². The van der Waals surface area contributed by atoms with E-state index in [-0.39, 0.29) is 6.17 Å². The van der Waals surface area contributed by atoms with Gasteiger partial charge in [-0.1, -0.05) is 170 Å². The van der Waals surface area contributed by atoms with E-state index in [0.29, 0.717) is 0 Å². The average molecular weight is 786 g/mol. The molecule has 60 heavy (non-hydrogen) atoms. The van der Waals surface area contributed by atoms with Crippen LogP contribution in [0, 0.1) is 0 Å². The average Bonchev–Trinajstić information content (AvgIpc) is 3.87. The normalized spacial score (nSPS) is 14.2. The van der Waals surface area contributed by atoms with Gasteiger partial charge in [-0.3, -0.25) is 0 Å². The lowest BCUT2D eigenvalue weighted by Gasteiger charge is -2.23. The minimum absolute atomic E-state index is 0.277. The largest absolute Gasteiger partial charge is 0.344 e. The highest BCUT2D eigenvalue weighted by molar-refractivity contribution is 7.27. The molecule has 4 heterocycles. The molecule has 0 saturated carbocycles. The zero-order chi connectivity index (χ0) is 39.6. The van der Waals surface area contributed by atoms with Gasteiger partial charge in [0, 0.05) is 43.2 Å². The summed E-state index contributed by atoms with van der Waals surface area (Å²) >= 11 is 1.88. The number of thiophene rings is 1. The molecule has 0 radical (unpaired) electrons. The molecule has 3 aromatic heterocycles. The summed E-state index contributed by atoms with van der Waals surface area (Å²) in [6.07, 6.45) is -0.277. The zero-order valence-corrected chi connectivity index (χ0v) is 33.1. The molecule has 6 heteroatoms. The highest BCUT2D eigenvalue weighted by Gasteiger charge is 2.24. The molecular formula is C54H35N5S. The van der Waals surface area contributed by atoms with Crippen LogP contribution in [0.4, 0.5) is 0 Å². The highest BCUT2D eigenvalue weighted by atomic mass is 32.1. The molecule has 0 fully saturated rings. The molecule has 12 rings (SSSR count). The maximum absolute atomic E-state index is 5.42. The fraction of sp³-hybridized carbons (Fsp3) is 0.0185. The number of fused-ring (bicyclic) bond motifs is 8. The lowest BCUT2D eigenvalue weighted by molar-refractivity contribution is 0.674. The summed E-state index contributed by atoms with van der Waals surface area (Å²) in [6, 6.07) is 70.8. The molecule has 282 valence electrons. The minimum atomic E-state index is -0.277. The van der Waals surface area contributed by atoms with Gasteiger partial charge in [-0.15, -0.1) is 11.3 Å². The van der Waals surface area contributed by atoms with E-state index < -0.39 is 0 Å². The molecule has 0 amide bonds. The first-order chi connectivity index (χ1) is 29.7. The van der Waals surface area contributed by atoms with Crippen LogP contribution in [-0.4, -0.2) is 21.2 Å². The fourth-order valence-corrected chi connectivity index (χ4v) is 10.1. The molecule has 0 spiro atoms. The van der Waals surface area contributed by atoms with Crippen molar-refractivity contribution in [2.75, 3.05) is 0 Å². The van der Waals surface area contributed by atoms with Gasteiger partial charge in [0.1, 0.15) is 12.0 Å². The molecule has 11 aromatic rings. The number of amidine groups is 2. The summed E-state index contributed by atoms with van der Waals surface area (Å²) in [7, 11) is 0. The summed E-state index contributed by atoms with van der Waals surface area (Å²) in [5, 5.41) is 9.64. The SMILES string of the molecule is c1ccc(C2=NC(c3ccc(-c4ccc(-n5c6ccccc6c6sc7c8ccccc8nc(-c8ccc9ccccc9c8)c7c65)cc4)cc3)NC(c3ccccc3)=N2)cc1. The molecular weight excluding hydrogens is 751 g/mol. The molecule has 1 unspecified atom stereocenters. The van der Waals surface area contributed by atoms with Gasteiger partial charge in [-0.05, 0) is 57.8 Å². The van der Waals surface area contributed by atoms with Gasteiger partial charge in [0.25, 0.3) is 0 Å². The summed E-state index contributed by atoms with van der Waals surface area (Å²) in [5.41, 5.74) is 12.0. The van der Waals surface area contributed by atoms with E-state index in [4.69, 9.17) is 15.0 Å². The minimum Gasteiger partial charge on any atom is -0.344 e. The second kappa shape index (κ2) is 14.0. The van der Waals surface area contributed by atoms with E-state index in [0.717, 1.165) is 61.9 Å². The molecule has 1 aliphatic rings. The van der Waals surface area contributed by atoms with Crippen LogP contribution in [0.15, 0.2) is 210 Å². The van der Waals surface area contributed by atoms with Crippen LogP contribution in [0.2, 0.25) is 0 Å². The van der Waals surface area contributed by atoms with E-state index >= 15 is 0 Å². The maximum atomic E-state index is 5.42.